The van der Waals surface area contributed by atoms with Crippen LogP contribution in [0.4, 0.5) is 5.69 Å². The summed E-state index contributed by atoms with van der Waals surface area (Å²) in [4.78, 5) is 29.3. The summed E-state index contributed by atoms with van der Waals surface area (Å²) in [5.41, 5.74) is 3.10. The van der Waals surface area contributed by atoms with Crippen LogP contribution in [-0.2, 0) is 39.0 Å². The molecule has 0 heterocycles. The number of rotatable bonds is 15. The topological polar surface area (TPSA) is 96.0 Å². The van der Waals surface area contributed by atoms with Gasteiger partial charge < -0.3 is 15.0 Å². The molecular weight excluding hydrogens is 538 g/mol. The van der Waals surface area contributed by atoms with Crippen LogP contribution in [0.3, 0.4) is 0 Å². The van der Waals surface area contributed by atoms with Crippen molar-refractivity contribution in [3.63, 3.8) is 0 Å². The lowest BCUT2D eigenvalue weighted by atomic mass is 10.0. The molecule has 0 saturated heterocycles. The van der Waals surface area contributed by atoms with Gasteiger partial charge in [0.05, 0.1) is 19.1 Å². The summed E-state index contributed by atoms with van der Waals surface area (Å²) in [7, 11) is -2.24. The highest BCUT2D eigenvalue weighted by atomic mass is 32.2. The van der Waals surface area contributed by atoms with Crippen LogP contribution in [0.15, 0.2) is 78.9 Å². The maximum Gasteiger partial charge on any atom is 0.244 e. The second-order valence-corrected chi connectivity index (χ2v) is 11.9. The van der Waals surface area contributed by atoms with E-state index in [-0.39, 0.29) is 18.9 Å². The number of methoxy groups -OCH3 is 1. The molecule has 0 aliphatic heterocycles. The zero-order valence-electron chi connectivity index (χ0n) is 24.4. The van der Waals surface area contributed by atoms with Crippen molar-refractivity contribution in [2.24, 2.45) is 0 Å². The number of ether oxygens (including phenoxy) is 1. The van der Waals surface area contributed by atoms with E-state index in [1.165, 1.54) is 4.90 Å². The van der Waals surface area contributed by atoms with Gasteiger partial charge in [0.25, 0.3) is 0 Å². The third kappa shape index (κ3) is 9.35. The molecule has 0 spiro atoms. The van der Waals surface area contributed by atoms with Gasteiger partial charge in [-0.1, -0.05) is 74.9 Å². The molecule has 0 fully saturated rings. The molecule has 0 aliphatic carbocycles. The van der Waals surface area contributed by atoms with E-state index in [0.29, 0.717) is 18.0 Å². The van der Waals surface area contributed by atoms with Crippen LogP contribution < -0.4 is 14.4 Å². The van der Waals surface area contributed by atoms with Gasteiger partial charge in [-0.3, -0.25) is 13.9 Å². The quantitative estimate of drug-likeness (QED) is 0.266. The molecule has 41 heavy (non-hydrogen) atoms. The molecule has 0 radical (unpaired) electrons. The van der Waals surface area contributed by atoms with E-state index in [4.69, 9.17) is 4.74 Å². The Morgan fingerprint density at radius 2 is 1.59 bits per heavy atom. The van der Waals surface area contributed by atoms with Crippen molar-refractivity contribution in [1.82, 2.24) is 10.2 Å². The lowest BCUT2D eigenvalue weighted by molar-refractivity contribution is -0.140. The molecule has 3 rings (SSSR count). The third-order valence-electron chi connectivity index (χ3n) is 6.90. The monoisotopic (exact) mass is 579 g/mol. The van der Waals surface area contributed by atoms with E-state index < -0.39 is 28.5 Å². The summed E-state index contributed by atoms with van der Waals surface area (Å²) in [6.07, 6.45) is 3.89. The predicted molar refractivity (Wildman–Crippen MR) is 163 cm³/mol. The Kier molecular flexibility index (Phi) is 11.8. The number of benzene rings is 3. The minimum Gasteiger partial charge on any atom is -0.497 e. The van der Waals surface area contributed by atoms with Gasteiger partial charge in [-0.15, -0.1) is 0 Å². The predicted octanol–water partition coefficient (Wildman–Crippen LogP) is 4.58. The van der Waals surface area contributed by atoms with Gasteiger partial charge in [0.1, 0.15) is 18.3 Å². The average molecular weight is 580 g/mol. The van der Waals surface area contributed by atoms with Gasteiger partial charge in [0.2, 0.25) is 21.8 Å². The third-order valence-corrected chi connectivity index (χ3v) is 8.04. The van der Waals surface area contributed by atoms with Crippen LogP contribution in [0, 0.1) is 0 Å². The van der Waals surface area contributed by atoms with Crippen molar-refractivity contribution in [3.8, 4) is 5.75 Å². The highest BCUT2D eigenvalue weighted by Crippen LogP contribution is 2.22. The molecule has 0 aromatic heterocycles. The number of amides is 2. The van der Waals surface area contributed by atoms with Crippen LogP contribution >= 0.6 is 0 Å². The van der Waals surface area contributed by atoms with E-state index in [2.05, 4.69) is 5.32 Å². The van der Waals surface area contributed by atoms with Crippen molar-refractivity contribution in [3.05, 3.63) is 95.6 Å². The molecule has 1 atom stereocenters. The number of hydrogen-bond acceptors (Lipinski definition) is 5. The standard InChI is InChI=1S/C32H41N3O5S/c1-5-7-20-33-32(37)30(22-26-12-9-8-10-13-26)34(23-27-14-11-15-29(21-27)40-3)31(36)24-35(41(4,38)39)28-18-16-25(6-2)17-19-28/h8-19,21,30H,5-7,20,22-24H2,1-4H3,(H,33,37). The Labute approximate surface area is 244 Å². The molecule has 0 aliphatic rings. The summed E-state index contributed by atoms with van der Waals surface area (Å²) in [6.45, 7) is 4.20. The number of carbonyl (C=O) groups excluding carboxylic acids is 2. The molecule has 3 aromatic carbocycles. The number of carbonyl (C=O) groups is 2. The van der Waals surface area contributed by atoms with E-state index in [1.807, 2.05) is 74.5 Å². The van der Waals surface area contributed by atoms with Gasteiger partial charge >= 0.3 is 0 Å². The zero-order chi connectivity index (χ0) is 29.8. The molecule has 8 nitrogen and oxygen atoms in total. The van der Waals surface area contributed by atoms with Crippen molar-refractivity contribution >= 4 is 27.5 Å². The smallest absolute Gasteiger partial charge is 0.244 e. The Hall–Kier alpha value is -3.85. The molecule has 220 valence electrons. The van der Waals surface area contributed by atoms with Crippen LogP contribution in [0.25, 0.3) is 0 Å². The first-order chi connectivity index (χ1) is 19.7. The van der Waals surface area contributed by atoms with Crippen LogP contribution in [0.1, 0.15) is 43.4 Å². The average Bonchev–Trinajstić information content (AvgIpc) is 2.97. The first kappa shape index (κ1) is 31.7. The number of hydrogen-bond donors (Lipinski definition) is 1. The Morgan fingerprint density at radius 1 is 0.902 bits per heavy atom. The van der Waals surface area contributed by atoms with Gasteiger partial charge in [-0.05, 0) is 53.8 Å². The Bertz CT molecular complexity index is 1380. The number of nitrogens with one attached hydrogen (secondary N) is 1. The van der Waals surface area contributed by atoms with Gasteiger partial charge in [-0.2, -0.15) is 0 Å². The van der Waals surface area contributed by atoms with E-state index in [1.54, 1.807) is 25.3 Å². The largest absolute Gasteiger partial charge is 0.497 e. The SMILES string of the molecule is CCCCNC(=O)C(Cc1ccccc1)N(Cc1cccc(OC)c1)C(=O)CN(c1ccc(CC)cc1)S(C)(=O)=O. The highest BCUT2D eigenvalue weighted by molar-refractivity contribution is 7.92. The molecule has 0 saturated carbocycles. The number of aryl methyl sites for hydroxylation is 1. The fourth-order valence-corrected chi connectivity index (χ4v) is 5.39. The fraction of sp³-hybridized carbons (Fsp3) is 0.375. The molecule has 1 N–H and O–H groups in total. The lowest BCUT2D eigenvalue weighted by Gasteiger charge is -2.33. The first-order valence-electron chi connectivity index (χ1n) is 14.0. The molecule has 0 bridgehead atoms. The second-order valence-electron chi connectivity index (χ2n) is 10.0. The van der Waals surface area contributed by atoms with Crippen molar-refractivity contribution in [1.29, 1.82) is 0 Å². The molecule has 2 amide bonds. The fourth-order valence-electron chi connectivity index (χ4n) is 4.54. The maximum absolute atomic E-state index is 14.1. The molecule has 9 heteroatoms. The molecule has 3 aromatic rings. The lowest BCUT2D eigenvalue weighted by Crippen LogP contribution is -2.53. The van der Waals surface area contributed by atoms with Crippen LogP contribution in [0.2, 0.25) is 0 Å². The minimum absolute atomic E-state index is 0.0983. The summed E-state index contributed by atoms with van der Waals surface area (Å²) in [5, 5.41) is 2.99. The zero-order valence-corrected chi connectivity index (χ0v) is 25.2. The second kappa shape index (κ2) is 15.2. The Balaban J connectivity index is 2.03. The number of nitrogens with zero attached hydrogens (tertiary/aromatic N) is 2. The van der Waals surface area contributed by atoms with Crippen LogP contribution in [-0.4, -0.2) is 57.6 Å². The maximum atomic E-state index is 14.1. The summed E-state index contributed by atoms with van der Waals surface area (Å²) in [5.74, 6) is -0.142. The van der Waals surface area contributed by atoms with Crippen molar-refractivity contribution in [2.75, 3.05) is 30.8 Å². The van der Waals surface area contributed by atoms with Crippen LogP contribution in [0.5, 0.6) is 5.75 Å². The summed E-state index contributed by atoms with van der Waals surface area (Å²) >= 11 is 0. The van der Waals surface area contributed by atoms with Crippen molar-refractivity contribution in [2.45, 2.75) is 52.1 Å². The number of sulfonamides is 1. The van der Waals surface area contributed by atoms with Gasteiger partial charge in [-0.25, -0.2) is 8.42 Å². The highest BCUT2D eigenvalue weighted by Gasteiger charge is 2.33. The molecule has 1 unspecified atom stereocenters. The minimum atomic E-state index is -3.81. The first-order valence-corrected chi connectivity index (χ1v) is 15.8. The molecular formula is C32H41N3O5S. The summed E-state index contributed by atoms with van der Waals surface area (Å²) < 4.78 is 32.3. The van der Waals surface area contributed by atoms with E-state index in [9.17, 15) is 18.0 Å². The number of anilines is 1. The number of unbranched alkanes of at least 4 members (excludes halogenated alkanes) is 1. The van der Waals surface area contributed by atoms with Crippen molar-refractivity contribution < 1.29 is 22.7 Å². The van der Waals surface area contributed by atoms with Gasteiger partial charge in [0.15, 0.2) is 0 Å². The van der Waals surface area contributed by atoms with E-state index in [0.717, 1.165) is 46.5 Å². The Morgan fingerprint density at radius 3 is 2.20 bits per heavy atom. The summed E-state index contributed by atoms with van der Waals surface area (Å²) in [6, 6.07) is 23.1. The normalized spacial score (nSPS) is 11.9. The van der Waals surface area contributed by atoms with E-state index >= 15 is 0 Å². The van der Waals surface area contributed by atoms with Gasteiger partial charge in [0, 0.05) is 19.5 Å².